The summed E-state index contributed by atoms with van der Waals surface area (Å²) in [7, 11) is -4.01. The minimum atomic E-state index is -4.75. The van der Waals surface area contributed by atoms with Crippen molar-refractivity contribution in [2.24, 2.45) is 0 Å². The highest BCUT2D eigenvalue weighted by molar-refractivity contribution is 7.92. The first-order valence-corrected chi connectivity index (χ1v) is 12.1. The predicted octanol–water partition coefficient (Wildman–Crippen LogP) is 3.47. The molecule has 1 aliphatic heterocycles. The van der Waals surface area contributed by atoms with Gasteiger partial charge in [0, 0.05) is 32.7 Å². The van der Waals surface area contributed by atoms with Crippen LogP contribution in [0.5, 0.6) is 0 Å². The number of carbonyl (C=O) groups excluding carboxylic acids is 1. The summed E-state index contributed by atoms with van der Waals surface area (Å²) in [5.74, 6) is -0.474. The fraction of sp³-hybridized carbons (Fsp3) is 0.381. The van der Waals surface area contributed by atoms with Crippen molar-refractivity contribution in [1.29, 1.82) is 0 Å². The van der Waals surface area contributed by atoms with Crippen LogP contribution in [0, 0.1) is 0 Å². The summed E-state index contributed by atoms with van der Waals surface area (Å²) in [6.45, 7) is 2.17. The van der Waals surface area contributed by atoms with Gasteiger partial charge in [0.05, 0.1) is 22.5 Å². The lowest BCUT2D eigenvalue weighted by molar-refractivity contribution is -0.137. The molecule has 0 aliphatic carbocycles. The molecule has 1 amide bonds. The summed E-state index contributed by atoms with van der Waals surface area (Å²) in [5.41, 5.74) is -0.272. The van der Waals surface area contributed by atoms with E-state index in [4.69, 9.17) is 11.6 Å². The summed E-state index contributed by atoms with van der Waals surface area (Å²) >= 11 is 5.63. The van der Waals surface area contributed by atoms with Gasteiger partial charge in [0.15, 0.2) is 0 Å². The second-order valence-electron chi connectivity index (χ2n) is 7.57. The number of sulfonamides is 1. The van der Waals surface area contributed by atoms with E-state index < -0.39 is 39.2 Å². The van der Waals surface area contributed by atoms with Crippen LogP contribution in [-0.2, 0) is 27.5 Å². The first kappa shape index (κ1) is 24.3. The van der Waals surface area contributed by atoms with Gasteiger partial charge in [-0.1, -0.05) is 41.9 Å². The third-order valence-electron chi connectivity index (χ3n) is 5.20. The summed E-state index contributed by atoms with van der Waals surface area (Å²) in [6.07, 6.45) is -3.91. The van der Waals surface area contributed by atoms with Crippen molar-refractivity contribution < 1.29 is 26.4 Å². The monoisotopic (exact) mass is 489 g/mol. The fourth-order valence-corrected chi connectivity index (χ4v) is 4.57. The molecule has 1 saturated heterocycles. The second kappa shape index (κ2) is 9.68. The predicted molar refractivity (Wildman–Crippen MR) is 117 cm³/mol. The Bertz CT molecular complexity index is 1060. The molecule has 0 aromatic heterocycles. The molecule has 174 valence electrons. The van der Waals surface area contributed by atoms with Crippen LogP contribution in [0.2, 0.25) is 5.02 Å². The minimum absolute atomic E-state index is 0.264. The molecule has 0 unspecified atom stereocenters. The Hall–Kier alpha value is -2.30. The van der Waals surface area contributed by atoms with Gasteiger partial charge < -0.3 is 4.90 Å². The van der Waals surface area contributed by atoms with E-state index in [-0.39, 0.29) is 5.69 Å². The van der Waals surface area contributed by atoms with Crippen molar-refractivity contribution in [1.82, 2.24) is 9.80 Å². The number of anilines is 1. The Labute approximate surface area is 190 Å². The van der Waals surface area contributed by atoms with Gasteiger partial charge in [-0.25, -0.2) is 8.42 Å². The van der Waals surface area contributed by atoms with E-state index in [1.54, 1.807) is 0 Å². The zero-order chi connectivity index (χ0) is 23.5. The van der Waals surface area contributed by atoms with Crippen molar-refractivity contribution in [2.45, 2.75) is 12.7 Å². The molecule has 1 heterocycles. The summed E-state index contributed by atoms with van der Waals surface area (Å²) in [6, 6.07) is 12.7. The van der Waals surface area contributed by atoms with Crippen molar-refractivity contribution in [3.8, 4) is 0 Å². The number of benzene rings is 2. The summed E-state index contributed by atoms with van der Waals surface area (Å²) < 4.78 is 64.9. The van der Waals surface area contributed by atoms with E-state index in [9.17, 15) is 26.4 Å². The van der Waals surface area contributed by atoms with Gasteiger partial charge in [0.1, 0.15) is 6.54 Å². The number of hydrogen-bond acceptors (Lipinski definition) is 4. The molecule has 0 radical (unpaired) electrons. The molecule has 0 spiro atoms. The zero-order valence-corrected chi connectivity index (χ0v) is 18.9. The number of halogens is 4. The van der Waals surface area contributed by atoms with Crippen LogP contribution < -0.4 is 4.31 Å². The van der Waals surface area contributed by atoms with Crippen LogP contribution in [0.25, 0.3) is 0 Å². The maximum atomic E-state index is 13.2. The average Bonchev–Trinajstić information content (AvgIpc) is 2.72. The number of hydrogen-bond donors (Lipinski definition) is 0. The highest BCUT2D eigenvalue weighted by Crippen LogP contribution is 2.37. The molecule has 0 atom stereocenters. The van der Waals surface area contributed by atoms with Gasteiger partial charge >= 0.3 is 6.18 Å². The maximum Gasteiger partial charge on any atom is 0.417 e. The number of alkyl halides is 3. The average molecular weight is 490 g/mol. The van der Waals surface area contributed by atoms with E-state index in [2.05, 4.69) is 4.90 Å². The third-order valence-corrected chi connectivity index (χ3v) is 6.67. The lowest BCUT2D eigenvalue weighted by Crippen LogP contribution is -2.51. The smallest absolute Gasteiger partial charge is 0.339 e. The fourth-order valence-electron chi connectivity index (χ4n) is 3.51. The first-order valence-electron chi connectivity index (χ1n) is 9.83. The molecule has 3 rings (SSSR count). The van der Waals surface area contributed by atoms with Gasteiger partial charge in [0.2, 0.25) is 15.9 Å². The molecule has 0 N–H and O–H groups in total. The molecule has 1 fully saturated rings. The van der Waals surface area contributed by atoms with Gasteiger partial charge in [-0.05, 0) is 23.8 Å². The van der Waals surface area contributed by atoms with Crippen LogP contribution in [0.3, 0.4) is 0 Å². The second-order valence-corrected chi connectivity index (χ2v) is 9.89. The van der Waals surface area contributed by atoms with E-state index in [0.29, 0.717) is 36.6 Å². The largest absolute Gasteiger partial charge is 0.417 e. The Balaban J connectivity index is 1.69. The molecular weight excluding hydrogens is 467 g/mol. The quantitative estimate of drug-likeness (QED) is 0.623. The maximum absolute atomic E-state index is 13.2. The molecule has 0 bridgehead atoms. The van der Waals surface area contributed by atoms with Gasteiger partial charge in [0.25, 0.3) is 0 Å². The van der Waals surface area contributed by atoms with Crippen LogP contribution in [0.15, 0.2) is 48.5 Å². The lowest BCUT2D eigenvalue weighted by atomic mass is 10.2. The van der Waals surface area contributed by atoms with E-state index >= 15 is 0 Å². The number of amides is 1. The standard InChI is InChI=1S/C21H23ClF3N3O3S/c1-32(30,31)28(17-7-8-19(22)18(13-17)21(23,24)25)15-20(29)27-11-9-26(10-12-27)14-16-5-3-2-4-6-16/h2-8,13H,9-12,14-15H2,1H3. The van der Waals surface area contributed by atoms with E-state index in [1.165, 1.54) is 4.90 Å². The highest BCUT2D eigenvalue weighted by atomic mass is 35.5. The molecule has 2 aromatic rings. The topological polar surface area (TPSA) is 60.9 Å². The van der Waals surface area contributed by atoms with Gasteiger partial charge in [-0.3, -0.25) is 14.0 Å². The number of rotatable bonds is 6. The molecule has 6 nitrogen and oxygen atoms in total. The van der Waals surface area contributed by atoms with Crippen LogP contribution in [0.1, 0.15) is 11.1 Å². The van der Waals surface area contributed by atoms with E-state index in [0.717, 1.165) is 30.5 Å². The van der Waals surface area contributed by atoms with E-state index in [1.807, 2.05) is 30.3 Å². The summed E-state index contributed by atoms with van der Waals surface area (Å²) in [5, 5.41) is -0.546. The first-order chi connectivity index (χ1) is 14.9. The van der Waals surface area contributed by atoms with Crippen LogP contribution >= 0.6 is 11.6 Å². The zero-order valence-electron chi connectivity index (χ0n) is 17.3. The molecule has 2 aromatic carbocycles. The molecule has 11 heteroatoms. The molecular formula is C21H23ClF3N3O3S. The van der Waals surface area contributed by atoms with Gasteiger partial charge in [-0.15, -0.1) is 0 Å². The minimum Gasteiger partial charge on any atom is -0.339 e. The van der Waals surface area contributed by atoms with Crippen molar-refractivity contribution >= 4 is 33.2 Å². The lowest BCUT2D eigenvalue weighted by Gasteiger charge is -2.36. The number of nitrogens with zero attached hydrogens (tertiary/aromatic N) is 3. The Kier molecular flexibility index (Phi) is 7.36. The SMILES string of the molecule is CS(=O)(=O)N(CC(=O)N1CCN(Cc2ccccc2)CC1)c1ccc(Cl)c(C(F)(F)F)c1. The Morgan fingerprint density at radius 2 is 1.69 bits per heavy atom. The van der Waals surface area contributed by atoms with Crippen molar-refractivity contribution in [3.63, 3.8) is 0 Å². The Morgan fingerprint density at radius 1 is 1.06 bits per heavy atom. The molecule has 32 heavy (non-hydrogen) atoms. The number of carbonyl (C=O) groups is 1. The number of piperazine rings is 1. The van der Waals surface area contributed by atoms with Gasteiger partial charge in [-0.2, -0.15) is 13.2 Å². The molecule has 1 aliphatic rings. The Morgan fingerprint density at radius 3 is 2.25 bits per heavy atom. The normalized spacial score (nSPS) is 15.6. The van der Waals surface area contributed by atoms with Crippen molar-refractivity contribution in [3.05, 3.63) is 64.7 Å². The van der Waals surface area contributed by atoms with Crippen LogP contribution in [-0.4, -0.2) is 63.1 Å². The van der Waals surface area contributed by atoms with Crippen LogP contribution in [0.4, 0.5) is 18.9 Å². The highest BCUT2D eigenvalue weighted by Gasteiger charge is 2.35. The molecule has 0 saturated carbocycles. The van der Waals surface area contributed by atoms with Crippen molar-refractivity contribution in [2.75, 3.05) is 43.3 Å². The summed E-state index contributed by atoms with van der Waals surface area (Å²) in [4.78, 5) is 16.5. The third kappa shape index (κ3) is 6.14.